The Labute approximate surface area is 106 Å². The van der Waals surface area contributed by atoms with Gasteiger partial charge < -0.3 is 10.6 Å². The smallest absolute Gasteiger partial charge is 0.257 e. The molecule has 1 aliphatic rings. The SMILES string of the molecule is Cc1cc(N)c(C(=O)N(C)C2CCSC2)cn1. The third-order valence-electron chi connectivity index (χ3n) is 3.08. The summed E-state index contributed by atoms with van der Waals surface area (Å²) < 4.78 is 0. The first-order valence-corrected chi connectivity index (χ1v) is 6.82. The molecule has 2 rings (SSSR count). The van der Waals surface area contributed by atoms with Crippen LogP contribution in [0.25, 0.3) is 0 Å². The van der Waals surface area contributed by atoms with Crippen LogP contribution in [0.1, 0.15) is 22.5 Å². The molecule has 1 fully saturated rings. The minimum absolute atomic E-state index is 0.0255. The lowest BCUT2D eigenvalue weighted by molar-refractivity contribution is 0.0748. The molecule has 1 aromatic rings. The van der Waals surface area contributed by atoms with Crippen LogP contribution in [0.15, 0.2) is 12.3 Å². The molecule has 4 nitrogen and oxygen atoms in total. The normalized spacial score (nSPS) is 19.3. The highest BCUT2D eigenvalue weighted by Crippen LogP contribution is 2.23. The molecule has 0 radical (unpaired) electrons. The number of aryl methyl sites for hydroxylation is 1. The van der Waals surface area contributed by atoms with Crippen molar-refractivity contribution in [3.05, 3.63) is 23.5 Å². The number of nitrogens with zero attached hydrogens (tertiary/aromatic N) is 2. The van der Waals surface area contributed by atoms with Crippen LogP contribution in [0.3, 0.4) is 0 Å². The van der Waals surface area contributed by atoms with Crippen molar-refractivity contribution in [3.8, 4) is 0 Å². The summed E-state index contributed by atoms with van der Waals surface area (Å²) in [4.78, 5) is 18.2. The number of hydrogen-bond donors (Lipinski definition) is 1. The molecule has 0 bridgehead atoms. The molecular formula is C12H17N3OS. The molecule has 1 saturated heterocycles. The maximum absolute atomic E-state index is 12.3. The number of rotatable bonds is 2. The van der Waals surface area contributed by atoms with E-state index in [2.05, 4.69) is 4.98 Å². The first kappa shape index (κ1) is 12.2. The fraction of sp³-hybridized carbons (Fsp3) is 0.500. The number of anilines is 1. The maximum Gasteiger partial charge on any atom is 0.257 e. The van der Waals surface area contributed by atoms with Crippen molar-refractivity contribution in [2.24, 2.45) is 0 Å². The van der Waals surface area contributed by atoms with Crippen LogP contribution in [0.5, 0.6) is 0 Å². The Morgan fingerprint density at radius 1 is 1.65 bits per heavy atom. The maximum atomic E-state index is 12.3. The molecule has 0 aliphatic carbocycles. The third-order valence-corrected chi connectivity index (χ3v) is 4.22. The van der Waals surface area contributed by atoms with Gasteiger partial charge >= 0.3 is 0 Å². The second kappa shape index (κ2) is 4.96. The number of carbonyl (C=O) groups excluding carboxylic acids is 1. The number of nitrogens with two attached hydrogens (primary N) is 1. The zero-order valence-electron chi connectivity index (χ0n) is 10.1. The van der Waals surface area contributed by atoms with Gasteiger partial charge in [-0.1, -0.05) is 0 Å². The van der Waals surface area contributed by atoms with Gasteiger partial charge in [0.05, 0.1) is 5.56 Å². The second-order valence-corrected chi connectivity index (χ2v) is 5.50. The molecule has 1 unspecified atom stereocenters. The fourth-order valence-electron chi connectivity index (χ4n) is 1.94. The van der Waals surface area contributed by atoms with E-state index in [-0.39, 0.29) is 5.91 Å². The second-order valence-electron chi connectivity index (χ2n) is 4.35. The van der Waals surface area contributed by atoms with E-state index in [4.69, 9.17) is 5.73 Å². The molecule has 1 aromatic heterocycles. The first-order valence-electron chi connectivity index (χ1n) is 5.66. The van der Waals surface area contributed by atoms with Crippen LogP contribution in [-0.2, 0) is 0 Å². The van der Waals surface area contributed by atoms with Crippen LogP contribution in [0.4, 0.5) is 5.69 Å². The van der Waals surface area contributed by atoms with E-state index < -0.39 is 0 Å². The van der Waals surface area contributed by atoms with E-state index in [1.807, 2.05) is 25.7 Å². The van der Waals surface area contributed by atoms with E-state index >= 15 is 0 Å². The fourth-order valence-corrected chi connectivity index (χ4v) is 3.21. The largest absolute Gasteiger partial charge is 0.398 e. The van der Waals surface area contributed by atoms with Gasteiger partial charge in [-0.25, -0.2) is 0 Å². The summed E-state index contributed by atoms with van der Waals surface area (Å²) in [6, 6.07) is 2.07. The zero-order valence-corrected chi connectivity index (χ0v) is 11.0. The molecule has 1 aliphatic heterocycles. The summed E-state index contributed by atoms with van der Waals surface area (Å²) in [5.74, 6) is 2.12. The van der Waals surface area contributed by atoms with Gasteiger partial charge in [-0.15, -0.1) is 0 Å². The Morgan fingerprint density at radius 3 is 3.00 bits per heavy atom. The van der Waals surface area contributed by atoms with Crippen LogP contribution in [-0.4, -0.2) is 40.4 Å². The predicted molar refractivity (Wildman–Crippen MR) is 71.2 cm³/mol. The van der Waals surface area contributed by atoms with Crippen molar-refractivity contribution in [2.75, 3.05) is 24.3 Å². The van der Waals surface area contributed by atoms with E-state index in [0.29, 0.717) is 17.3 Å². The van der Waals surface area contributed by atoms with Crippen LogP contribution in [0.2, 0.25) is 0 Å². The monoisotopic (exact) mass is 251 g/mol. The summed E-state index contributed by atoms with van der Waals surface area (Å²) in [5.41, 5.74) is 7.72. The Balaban J connectivity index is 2.18. The van der Waals surface area contributed by atoms with E-state index in [1.54, 1.807) is 17.2 Å². The molecule has 0 saturated carbocycles. The van der Waals surface area contributed by atoms with Gasteiger partial charge in [-0.3, -0.25) is 9.78 Å². The molecule has 17 heavy (non-hydrogen) atoms. The quantitative estimate of drug-likeness (QED) is 0.866. The van der Waals surface area contributed by atoms with E-state index in [0.717, 1.165) is 23.6 Å². The van der Waals surface area contributed by atoms with Crippen molar-refractivity contribution in [1.29, 1.82) is 0 Å². The lowest BCUT2D eigenvalue weighted by atomic mass is 10.1. The van der Waals surface area contributed by atoms with E-state index in [9.17, 15) is 4.79 Å². The van der Waals surface area contributed by atoms with Crippen molar-refractivity contribution >= 4 is 23.4 Å². The van der Waals surface area contributed by atoms with Crippen molar-refractivity contribution in [3.63, 3.8) is 0 Å². The number of pyridine rings is 1. The van der Waals surface area contributed by atoms with Gasteiger partial charge in [0, 0.05) is 36.4 Å². The third kappa shape index (κ3) is 2.54. The summed E-state index contributed by atoms with van der Waals surface area (Å²) >= 11 is 1.89. The number of thioether (sulfide) groups is 1. The predicted octanol–water partition coefficient (Wildman–Crippen LogP) is 1.55. The van der Waals surface area contributed by atoms with Crippen molar-refractivity contribution < 1.29 is 4.79 Å². The van der Waals surface area contributed by atoms with Crippen molar-refractivity contribution in [2.45, 2.75) is 19.4 Å². The zero-order chi connectivity index (χ0) is 12.4. The van der Waals surface area contributed by atoms with Gasteiger partial charge in [-0.05, 0) is 25.2 Å². The standard InChI is InChI=1S/C12H17N3OS/c1-8-5-11(13)10(6-14-8)12(16)15(2)9-3-4-17-7-9/h5-6,9H,3-4,7H2,1-2H3,(H2,13,14). The first-order chi connectivity index (χ1) is 8.09. The highest BCUT2D eigenvalue weighted by Gasteiger charge is 2.25. The summed E-state index contributed by atoms with van der Waals surface area (Å²) in [5, 5.41) is 0. The Morgan fingerprint density at radius 2 is 2.41 bits per heavy atom. The van der Waals surface area contributed by atoms with Crippen LogP contribution in [0, 0.1) is 6.92 Å². The van der Waals surface area contributed by atoms with Gasteiger partial charge in [-0.2, -0.15) is 11.8 Å². The molecule has 0 spiro atoms. The number of carbonyl (C=O) groups is 1. The van der Waals surface area contributed by atoms with E-state index in [1.165, 1.54) is 0 Å². The molecule has 1 atom stereocenters. The van der Waals surface area contributed by atoms with Gasteiger partial charge in [0.1, 0.15) is 0 Å². The summed E-state index contributed by atoms with van der Waals surface area (Å²) in [6.45, 7) is 1.86. The minimum atomic E-state index is -0.0255. The Bertz CT molecular complexity index is 430. The topological polar surface area (TPSA) is 59.2 Å². The summed E-state index contributed by atoms with van der Waals surface area (Å²) in [7, 11) is 1.85. The highest BCUT2D eigenvalue weighted by atomic mass is 32.2. The Kier molecular flexibility index (Phi) is 3.57. The molecule has 92 valence electrons. The molecule has 1 amide bonds. The van der Waals surface area contributed by atoms with Crippen molar-refractivity contribution in [1.82, 2.24) is 9.88 Å². The molecule has 2 N–H and O–H groups in total. The molecule has 2 heterocycles. The average Bonchev–Trinajstić information content (AvgIpc) is 2.80. The lowest BCUT2D eigenvalue weighted by Gasteiger charge is -2.24. The number of nitrogen functional groups attached to an aromatic ring is 1. The number of hydrogen-bond acceptors (Lipinski definition) is 4. The Hall–Kier alpha value is -1.23. The number of amides is 1. The highest BCUT2D eigenvalue weighted by molar-refractivity contribution is 7.99. The molecule has 0 aromatic carbocycles. The lowest BCUT2D eigenvalue weighted by Crippen LogP contribution is -2.37. The van der Waals surface area contributed by atoms with Gasteiger partial charge in [0.25, 0.3) is 5.91 Å². The molecular weight excluding hydrogens is 234 g/mol. The van der Waals surface area contributed by atoms with Gasteiger partial charge in [0.15, 0.2) is 0 Å². The molecule has 5 heteroatoms. The van der Waals surface area contributed by atoms with Crippen LogP contribution < -0.4 is 5.73 Å². The average molecular weight is 251 g/mol. The summed E-state index contributed by atoms with van der Waals surface area (Å²) in [6.07, 6.45) is 2.64. The van der Waals surface area contributed by atoms with Crippen LogP contribution >= 0.6 is 11.8 Å². The number of aromatic nitrogens is 1. The van der Waals surface area contributed by atoms with Gasteiger partial charge in [0.2, 0.25) is 0 Å². The minimum Gasteiger partial charge on any atom is -0.398 e.